The van der Waals surface area contributed by atoms with Gasteiger partial charge >= 0.3 is 11.9 Å². The van der Waals surface area contributed by atoms with E-state index in [1.165, 1.54) is 13.8 Å². The van der Waals surface area contributed by atoms with E-state index in [0.717, 1.165) is 0 Å². The van der Waals surface area contributed by atoms with Gasteiger partial charge in [0, 0.05) is 50.6 Å². The van der Waals surface area contributed by atoms with Gasteiger partial charge in [0.1, 0.15) is 12.2 Å². The lowest BCUT2D eigenvalue weighted by atomic mass is 9.84. The summed E-state index contributed by atoms with van der Waals surface area (Å²) < 4.78 is 12.3. The molecule has 2 saturated heterocycles. The molecular formula is C24H44N2O6Si. The zero-order valence-electron chi connectivity index (χ0n) is 22.4. The molecule has 4 unspecified atom stereocenters. The number of carbonyl (C=O) groups is 4. The summed E-state index contributed by atoms with van der Waals surface area (Å²) in [5.74, 6) is -0.223. The Morgan fingerprint density at radius 2 is 1.42 bits per heavy atom. The lowest BCUT2D eigenvalue weighted by molar-refractivity contribution is -0.154. The van der Waals surface area contributed by atoms with Gasteiger partial charge in [-0.2, -0.15) is 0 Å². The molecule has 190 valence electrons. The summed E-state index contributed by atoms with van der Waals surface area (Å²) in [6.07, 6.45) is 2.19. The van der Waals surface area contributed by atoms with Crippen molar-refractivity contribution in [2.75, 3.05) is 0 Å². The van der Waals surface area contributed by atoms with E-state index in [1.807, 2.05) is 20.8 Å². The molecule has 0 bridgehead atoms. The molecule has 0 saturated carbocycles. The van der Waals surface area contributed by atoms with Crippen LogP contribution in [0.15, 0.2) is 0 Å². The summed E-state index contributed by atoms with van der Waals surface area (Å²) in [4.78, 5) is 44.6. The minimum Gasteiger partial charge on any atom is -0.463 e. The van der Waals surface area contributed by atoms with Crippen LogP contribution in [0.5, 0.6) is 0 Å². The van der Waals surface area contributed by atoms with E-state index in [-0.39, 0.29) is 52.1 Å². The number of hydrogen-bond donors (Lipinski definition) is 1. The first-order valence-corrected chi connectivity index (χ1v) is 14.7. The second kappa shape index (κ2) is 10.2. The van der Waals surface area contributed by atoms with Crippen molar-refractivity contribution in [1.82, 2.24) is 9.88 Å². The number of esters is 2. The summed E-state index contributed by atoms with van der Waals surface area (Å²) in [5, 5.41) is 2.91. The molecule has 0 aromatic rings. The van der Waals surface area contributed by atoms with E-state index in [2.05, 4.69) is 50.7 Å². The van der Waals surface area contributed by atoms with Gasteiger partial charge < -0.3 is 19.4 Å². The van der Waals surface area contributed by atoms with E-state index in [4.69, 9.17) is 9.47 Å². The molecule has 2 fully saturated rings. The molecular weight excluding hydrogens is 440 g/mol. The van der Waals surface area contributed by atoms with E-state index in [0.29, 0.717) is 25.7 Å². The fourth-order valence-electron chi connectivity index (χ4n) is 4.88. The molecule has 0 aromatic carbocycles. The molecule has 9 heteroatoms. The highest BCUT2D eigenvalue weighted by Gasteiger charge is 2.58. The van der Waals surface area contributed by atoms with Gasteiger partial charge in [-0.15, -0.1) is 0 Å². The highest BCUT2D eigenvalue weighted by atomic mass is 28.3. The minimum absolute atomic E-state index is 0.0672. The maximum atomic E-state index is 12.2. The maximum Gasteiger partial charge on any atom is 0.302 e. The van der Waals surface area contributed by atoms with Crippen LogP contribution in [-0.4, -0.2) is 59.8 Å². The maximum absolute atomic E-state index is 12.2. The van der Waals surface area contributed by atoms with Crippen molar-refractivity contribution in [1.29, 1.82) is 0 Å². The Balaban J connectivity index is 0.000000361. The summed E-state index contributed by atoms with van der Waals surface area (Å²) in [6.45, 7) is 21.7. The Hall–Kier alpha value is -1.90. The first-order chi connectivity index (χ1) is 14.7. The van der Waals surface area contributed by atoms with Gasteiger partial charge in [0.05, 0.1) is 0 Å². The number of carbonyl (C=O) groups excluding carboxylic acids is 4. The normalized spacial score (nSPS) is 26.6. The van der Waals surface area contributed by atoms with Crippen LogP contribution in [-0.2, 0) is 28.7 Å². The number of nitrogens with zero attached hydrogens (tertiary/aromatic N) is 1. The monoisotopic (exact) mass is 484 g/mol. The van der Waals surface area contributed by atoms with E-state index >= 15 is 0 Å². The quantitative estimate of drug-likeness (QED) is 0.334. The number of β-lactam (4-membered cyclic amide) rings is 2. The molecule has 1 N–H and O–H groups in total. The molecule has 2 amide bonds. The highest BCUT2D eigenvalue weighted by molar-refractivity contribution is 6.80. The van der Waals surface area contributed by atoms with Crippen LogP contribution in [0.1, 0.15) is 88.0 Å². The molecule has 2 aliphatic rings. The first-order valence-electron chi connectivity index (χ1n) is 11.7. The minimum atomic E-state index is -1.88. The lowest BCUT2D eigenvalue weighted by Gasteiger charge is -2.61. The number of rotatable bonds is 7. The molecule has 8 nitrogen and oxygen atoms in total. The SMILES string of the molecule is CC(=O)OC(C)CC1(C)CC(=O)N1.CC(=O)OC(C)CC1(C)CC(=O)N1[Si](C)(C)C(C)(C)C. The fourth-order valence-corrected chi connectivity index (χ4v) is 7.77. The Morgan fingerprint density at radius 1 is 1.00 bits per heavy atom. The van der Waals surface area contributed by atoms with Crippen molar-refractivity contribution in [2.24, 2.45) is 0 Å². The van der Waals surface area contributed by atoms with Gasteiger partial charge in [0.25, 0.3) is 0 Å². The molecule has 0 spiro atoms. The molecule has 0 radical (unpaired) electrons. The molecule has 2 rings (SSSR count). The van der Waals surface area contributed by atoms with Gasteiger partial charge in [-0.05, 0) is 32.7 Å². The molecule has 4 atom stereocenters. The highest BCUT2D eigenvalue weighted by Crippen LogP contribution is 2.48. The summed E-state index contributed by atoms with van der Waals surface area (Å²) in [6, 6.07) is 0. The number of amides is 2. The predicted molar refractivity (Wildman–Crippen MR) is 130 cm³/mol. The Bertz CT molecular complexity index is 767. The Labute approximate surface area is 200 Å². The topological polar surface area (TPSA) is 102 Å². The summed E-state index contributed by atoms with van der Waals surface area (Å²) in [5.41, 5.74) is -0.346. The smallest absolute Gasteiger partial charge is 0.302 e. The van der Waals surface area contributed by atoms with Gasteiger partial charge in [-0.1, -0.05) is 33.9 Å². The third kappa shape index (κ3) is 7.55. The van der Waals surface area contributed by atoms with E-state index in [1.54, 1.807) is 0 Å². The zero-order chi connectivity index (χ0) is 26.0. The molecule has 33 heavy (non-hydrogen) atoms. The van der Waals surface area contributed by atoms with Crippen LogP contribution in [0.2, 0.25) is 18.1 Å². The van der Waals surface area contributed by atoms with Crippen molar-refractivity contribution in [3.05, 3.63) is 0 Å². The summed E-state index contributed by atoms with van der Waals surface area (Å²) >= 11 is 0. The summed E-state index contributed by atoms with van der Waals surface area (Å²) in [7, 11) is -1.88. The average Bonchev–Trinajstić information content (AvgIpc) is 2.49. The van der Waals surface area contributed by atoms with Crippen molar-refractivity contribution < 1.29 is 28.7 Å². The van der Waals surface area contributed by atoms with Crippen molar-refractivity contribution >= 4 is 32.0 Å². The van der Waals surface area contributed by atoms with E-state index < -0.39 is 8.24 Å². The van der Waals surface area contributed by atoms with Crippen LogP contribution in [0.25, 0.3) is 0 Å². The van der Waals surface area contributed by atoms with Crippen LogP contribution in [0, 0.1) is 0 Å². The largest absolute Gasteiger partial charge is 0.463 e. The van der Waals surface area contributed by atoms with Crippen molar-refractivity contribution in [3.8, 4) is 0 Å². The molecule has 2 aliphatic heterocycles. The standard InChI is InChI=1S/C15H29NO3Si.C9H15NO3/c1-11(19-12(2)17)9-15(6)10-13(18)16(15)20(7,8)14(3,4)5;1-6(13-7(2)11)4-9(3)5-8(12)10-9/h11H,9-10H2,1-8H3;6H,4-5H2,1-3H3,(H,10,12). The van der Waals surface area contributed by atoms with Crippen LogP contribution in [0.4, 0.5) is 0 Å². The number of nitrogens with one attached hydrogen (secondary N) is 1. The third-order valence-corrected chi connectivity index (χ3v) is 12.5. The fraction of sp³-hybridized carbons (Fsp3) is 0.833. The molecule has 2 heterocycles. The van der Waals surface area contributed by atoms with Crippen LogP contribution >= 0.6 is 0 Å². The van der Waals surface area contributed by atoms with Gasteiger partial charge in [-0.25, -0.2) is 0 Å². The first kappa shape index (κ1) is 29.1. The molecule has 0 aliphatic carbocycles. The number of ether oxygens (including phenoxy) is 2. The molecule has 0 aromatic heterocycles. The average molecular weight is 485 g/mol. The van der Waals surface area contributed by atoms with Crippen molar-refractivity contribution in [2.45, 2.75) is 129 Å². The Kier molecular flexibility index (Phi) is 8.96. The lowest BCUT2D eigenvalue weighted by Crippen LogP contribution is -2.74. The third-order valence-electron chi connectivity index (χ3n) is 6.91. The van der Waals surface area contributed by atoms with Crippen LogP contribution in [0.3, 0.4) is 0 Å². The second-order valence-corrected chi connectivity index (χ2v) is 16.8. The predicted octanol–water partition coefficient (Wildman–Crippen LogP) is 3.93. The zero-order valence-corrected chi connectivity index (χ0v) is 23.4. The van der Waals surface area contributed by atoms with Crippen LogP contribution < -0.4 is 5.32 Å². The van der Waals surface area contributed by atoms with Gasteiger partial charge in [0.2, 0.25) is 11.8 Å². The van der Waals surface area contributed by atoms with E-state index in [9.17, 15) is 19.2 Å². The van der Waals surface area contributed by atoms with Gasteiger partial charge in [0.15, 0.2) is 8.24 Å². The van der Waals surface area contributed by atoms with Crippen molar-refractivity contribution in [3.63, 3.8) is 0 Å². The Morgan fingerprint density at radius 3 is 1.76 bits per heavy atom. The second-order valence-electron chi connectivity index (χ2n) is 11.7. The van der Waals surface area contributed by atoms with Gasteiger partial charge in [-0.3, -0.25) is 19.2 Å². The number of hydrogen-bond acceptors (Lipinski definition) is 6.